The molecule has 0 bridgehead atoms. The molecule has 1 saturated heterocycles. The quantitative estimate of drug-likeness (QED) is 0.805. The summed E-state index contributed by atoms with van der Waals surface area (Å²) in [6.45, 7) is 2.60. The SMILES string of the molecule is C[C@H]1C(=O)N(C)CCN1C(=O)c1ccc(S(N)(=O)=O)cc1. The van der Waals surface area contributed by atoms with E-state index in [4.69, 9.17) is 5.14 Å². The lowest BCUT2D eigenvalue weighted by Gasteiger charge is -2.37. The molecule has 0 radical (unpaired) electrons. The van der Waals surface area contributed by atoms with Crippen LogP contribution < -0.4 is 5.14 Å². The van der Waals surface area contributed by atoms with E-state index < -0.39 is 16.1 Å². The molecule has 1 aromatic rings. The highest BCUT2D eigenvalue weighted by atomic mass is 32.2. The molecular formula is C13H17N3O4S. The summed E-state index contributed by atoms with van der Waals surface area (Å²) in [5.41, 5.74) is 0.326. The number of carbonyl (C=O) groups excluding carboxylic acids is 2. The molecule has 114 valence electrons. The molecule has 0 aromatic heterocycles. The number of piperazine rings is 1. The number of primary sulfonamides is 1. The standard InChI is InChI=1S/C13H17N3O4S/c1-9-12(17)15(2)7-8-16(9)13(18)10-3-5-11(6-4-10)21(14,19)20/h3-6,9H,7-8H2,1-2H3,(H2,14,19,20)/t9-/m0/s1. The predicted octanol–water partition coefficient (Wildman–Crippen LogP) is -0.363. The van der Waals surface area contributed by atoms with Gasteiger partial charge in [0, 0.05) is 25.7 Å². The third kappa shape index (κ3) is 3.06. The summed E-state index contributed by atoms with van der Waals surface area (Å²) in [7, 11) is -2.09. The molecule has 1 aliphatic heterocycles. The van der Waals surface area contributed by atoms with E-state index in [1.54, 1.807) is 18.9 Å². The normalized spacial score (nSPS) is 19.8. The number of nitrogens with zero attached hydrogens (tertiary/aromatic N) is 2. The Balaban J connectivity index is 2.22. The monoisotopic (exact) mass is 311 g/mol. The van der Waals surface area contributed by atoms with Crippen molar-refractivity contribution in [1.82, 2.24) is 9.80 Å². The predicted molar refractivity (Wildman–Crippen MR) is 76.0 cm³/mol. The number of nitrogens with two attached hydrogens (primary N) is 1. The largest absolute Gasteiger partial charge is 0.342 e. The molecule has 2 N–H and O–H groups in total. The minimum Gasteiger partial charge on any atom is -0.342 e. The Hall–Kier alpha value is -1.93. The summed E-state index contributed by atoms with van der Waals surface area (Å²) in [5.74, 6) is -0.416. The molecule has 1 aromatic carbocycles. The van der Waals surface area contributed by atoms with Gasteiger partial charge in [0.15, 0.2) is 0 Å². The van der Waals surface area contributed by atoms with E-state index in [-0.39, 0.29) is 16.7 Å². The molecule has 0 spiro atoms. The zero-order chi connectivity index (χ0) is 15.8. The van der Waals surface area contributed by atoms with Crippen LogP contribution >= 0.6 is 0 Å². The van der Waals surface area contributed by atoms with Gasteiger partial charge in [-0.3, -0.25) is 9.59 Å². The maximum absolute atomic E-state index is 12.4. The minimum atomic E-state index is -3.78. The molecule has 0 aliphatic carbocycles. The van der Waals surface area contributed by atoms with Crippen LogP contribution in [-0.4, -0.2) is 56.2 Å². The molecule has 7 nitrogen and oxygen atoms in total. The molecule has 0 saturated carbocycles. The molecule has 2 rings (SSSR count). The maximum atomic E-state index is 12.4. The summed E-state index contributed by atoms with van der Waals surface area (Å²) >= 11 is 0. The Bertz CT molecular complexity index is 669. The Labute approximate surface area is 123 Å². The highest BCUT2D eigenvalue weighted by Crippen LogP contribution is 2.16. The third-order valence-corrected chi connectivity index (χ3v) is 4.50. The first-order valence-corrected chi connectivity index (χ1v) is 7.95. The number of carbonyl (C=O) groups is 2. The number of hydrogen-bond donors (Lipinski definition) is 1. The van der Waals surface area contributed by atoms with Crippen LogP contribution in [0.25, 0.3) is 0 Å². The van der Waals surface area contributed by atoms with E-state index in [0.717, 1.165) is 0 Å². The number of hydrogen-bond acceptors (Lipinski definition) is 4. The van der Waals surface area contributed by atoms with E-state index in [2.05, 4.69) is 0 Å². The van der Waals surface area contributed by atoms with Crippen molar-refractivity contribution in [1.29, 1.82) is 0 Å². The molecule has 21 heavy (non-hydrogen) atoms. The van der Waals surface area contributed by atoms with E-state index >= 15 is 0 Å². The van der Waals surface area contributed by atoms with Gasteiger partial charge in [0.05, 0.1) is 4.90 Å². The van der Waals surface area contributed by atoms with Crippen LogP contribution in [0.1, 0.15) is 17.3 Å². The summed E-state index contributed by atoms with van der Waals surface area (Å²) < 4.78 is 22.4. The second-order valence-electron chi connectivity index (χ2n) is 5.00. The van der Waals surface area contributed by atoms with Crippen LogP contribution in [0.3, 0.4) is 0 Å². The summed E-state index contributed by atoms with van der Waals surface area (Å²) in [6, 6.07) is 4.83. The molecule has 1 fully saturated rings. The van der Waals surface area contributed by atoms with Crippen LogP contribution in [0, 0.1) is 0 Å². The third-order valence-electron chi connectivity index (χ3n) is 3.57. The van der Waals surface area contributed by atoms with Crippen LogP contribution in [-0.2, 0) is 14.8 Å². The van der Waals surface area contributed by atoms with Gasteiger partial charge in [0.25, 0.3) is 5.91 Å². The highest BCUT2D eigenvalue weighted by molar-refractivity contribution is 7.89. The van der Waals surface area contributed by atoms with E-state index in [1.165, 1.54) is 29.2 Å². The van der Waals surface area contributed by atoms with Crippen molar-refractivity contribution in [3.05, 3.63) is 29.8 Å². The smallest absolute Gasteiger partial charge is 0.254 e. The zero-order valence-electron chi connectivity index (χ0n) is 11.8. The van der Waals surface area contributed by atoms with Gasteiger partial charge in [0.1, 0.15) is 6.04 Å². The Kier molecular flexibility index (Phi) is 4.02. The Morgan fingerprint density at radius 1 is 1.24 bits per heavy atom. The van der Waals surface area contributed by atoms with Crippen LogP contribution in [0.4, 0.5) is 0 Å². The van der Waals surface area contributed by atoms with Gasteiger partial charge in [-0.25, -0.2) is 13.6 Å². The summed E-state index contributed by atoms with van der Waals surface area (Å²) in [6.07, 6.45) is 0. The van der Waals surface area contributed by atoms with Crippen molar-refractivity contribution in [2.24, 2.45) is 5.14 Å². The second kappa shape index (κ2) is 5.45. The van der Waals surface area contributed by atoms with Gasteiger partial charge < -0.3 is 9.80 Å². The van der Waals surface area contributed by atoms with E-state index in [1.807, 2.05) is 0 Å². The number of likely N-dealkylation sites (N-methyl/N-ethyl adjacent to an activating group) is 1. The second-order valence-corrected chi connectivity index (χ2v) is 6.57. The first kappa shape index (κ1) is 15.5. The molecule has 0 unspecified atom stereocenters. The summed E-state index contributed by atoms with van der Waals surface area (Å²) in [5, 5.41) is 5.01. The number of sulfonamides is 1. The van der Waals surface area contributed by atoms with Crippen molar-refractivity contribution in [3.8, 4) is 0 Å². The fourth-order valence-electron chi connectivity index (χ4n) is 2.24. The van der Waals surface area contributed by atoms with Crippen molar-refractivity contribution >= 4 is 21.8 Å². The zero-order valence-corrected chi connectivity index (χ0v) is 12.6. The van der Waals surface area contributed by atoms with E-state index in [0.29, 0.717) is 18.7 Å². The van der Waals surface area contributed by atoms with Gasteiger partial charge in [-0.2, -0.15) is 0 Å². The minimum absolute atomic E-state index is 0.0541. The first-order chi connectivity index (χ1) is 9.71. The summed E-state index contributed by atoms with van der Waals surface area (Å²) in [4.78, 5) is 27.3. The average Bonchev–Trinajstić information content (AvgIpc) is 2.43. The molecule has 1 heterocycles. The first-order valence-electron chi connectivity index (χ1n) is 6.40. The van der Waals surface area contributed by atoms with Crippen molar-refractivity contribution in [2.75, 3.05) is 20.1 Å². The molecular weight excluding hydrogens is 294 g/mol. The molecule has 2 amide bonds. The Morgan fingerprint density at radius 3 is 2.33 bits per heavy atom. The number of benzene rings is 1. The maximum Gasteiger partial charge on any atom is 0.254 e. The van der Waals surface area contributed by atoms with Crippen molar-refractivity contribution in [2.45, 2.75) is 17.9 Å². The van der Waals surface area contributed by atoms with Gasteiger partial charge in [-0.1, -0.05) is 0 Å². The lowest BCUT2D eigenvalue weighted by atomic mass is 10.1. The lowest BCUT2D eigenvalue weighted by molar-refractivity contribution is -0.137. The van der Waals surface area contributed by atoms with Gasteiger partial charge in [0.2, 0.25) is 15.9 Å². The van der Waals surface area contributed by atoms with Crippen molar-refractivity contribution in [3.63, 3.8) is 0 Å². The van der Waals surface area contributed by atoms with Crippen LogP contribution in [0.5, 0.6) is 0 Å². The lowest BCUT2D eigenvalue weighted by Crippen LogP contribution is -2.56. The van der Waals surface area contributed by atoms with E-state index in [9.17, 15) is 18.0 Å². The topological polar surface area (TPSA) is 101 Å². The highest BCUT2D eigenvalue weighted by Gasteiger charge is 2.32. The van der Waals surface area contributed by atoms with Gasteiger partial charge in [-0.05, 0) is 31.2 Å². The van der Waals surface area contributed by atoms with Crippen LogP contribution in [0.2, 0.25) is 0 Å². The molecule has 1 aliphatic rings. The average molecular weight is 311 g/mol. The Morgan fingerprint density at radius 2 is 1.81 bits per heavy atom. The van der Waals surface area contributed by atoms with Gasteiger partial charge >= 0.3 is 0 Å². The molecule has 1 atom stereocenters. The van der Waals surface area contributed by atoms with Crippen LogP contribution in [0.15, 0.2) is 29.2 Å². The fraction of sp³-hybridized carbons (Fsp3) is 0.385. The fourth-order valence-corrected chi connectivity index (χ4v) is 2.76. The number of amides is 2. The number of rotatable bonds is 2. The van der Waals surface area contributed by atoms with Crippen molar-refractivity contribution < 1.29 is 18.0 Å². The molecule has 8 heteroatoms. The van der Waals surface area contributed by atoms with Gasteiger partial charge in [-0.15, -0.1) is 0 Å².